The van der Waals surface area contributed by atoms with Gasteiger partial charge in [0, 0.05) is 29.2 Å². The summed E-state index contributed by atoms with van der Waals surface area (Å²) in [7, 11) is 0. The highest BCUT2D eigenvalue weighted by atomic mass is 35.5. The first kappa shape index (κ1) is 14.9. The first-order chi connectivity index (χ1) is 10.1. The molecule has 4 heteroatoms. The van der Waals surface area contributed by atoms with E-state index in [2.05, 4.69) is 54.4 Å². The van der Waals surface area contributed by atoms with Crippen LogP contribution in [0, 0.1) is 0 Å². The van der Waals surface area contributed by atoms with E-state index >= 15 is 0 Å². The van der Waals surface area contributed by atoms with Gasteiger partial charge in [0.2, 0.25) is 0 Å². The standard InChI is InChI=1S/C17H21ClN2S/c1-3-17(2)12-20(11-14-8-9-16(18)21-14)15-7-5-4-6-13(15)10-19-17/h4-9,19H,3,10-12H2,1-2H3. The van der Waals surface area contributed by atoms with Crippen LogP contribution in [0.3, 0.4) is 0 Å². The molecule has 2 heterocycles. The molecule has 1 N–H and O–H groups in total. The summed E-state index contributed by atoms with van der Waals surface area (Å²) in [5.41, 5.74) is 2.85. The molecule has 1 unspecified atom stereocenters. The average molecular weight is 321 g/mol. The molecule has 1 aliphatic rings. The van der Waals surface area contributed by atoms with Crippen molar-refractivity contribution in [1.82, 2.24) is 5.32 Å². The van der Waals surface area contributed by atoms with Gasteiger partial charge in [-0.25, -0.2) is 0 Å². The second-order valence-electron chi connectivity index (χ2n) is 5.96. The van der Waals surface area contributed by atoms with E-state index in [0.29, 0.717) is 0 Å². The second kappa shape index (κ2) is 5.99. The quantitative estimate of drug-likeness (QED) is 0.883. The van der Waals surface area contributed by atoms with Crippen LogP contribution >= 0.6 is 22.9 Å². The zero-order chi connectivity index (χ0) is 14.9. The Balaban J connectivity index is 1.93. The molecule has 0 saturated heterocycles. The molecule has 21 heavy (non-hydrogen) atoms. The van der Waals surface area contributed by atoms with Crippen molar-refractivity contribution in [3.8, 4) is 0 Å². The molecule has 1 aromatic heterocycles. The number of anilines is 1. The smallest absolute Gasteiger partial charge is 0.0931 e. The van der Waals surface area contributed by atoms with Crippen molar-refractivity contribution in [1.29, 1.82) is 0 Å². The summed E-state index contributed by atoms with van der Waals surface area (Å²) < 4.78 is 0.865. The highest BCUT2D eigenvalue weighted by Gasteiger charge is 2.29. The van der Waals surface area contributed by atoms with Gasteiger partial charge in [0.1, 0.15) is 0 Å². The Labute approximate surface area is 135 Å². The maximum absolute atomic E-state index is 6.08. The molecular formula is C17H21ClN2S. The van der Waals surface area contributed by atoms with Crippen LogP contribution in [0.5, 0.6) is 0 Å². The van der Waals surface area contributed by atoms with E-state index in [1.807, 2.05) is 6.07 Å². The maximum atomic E-state index is 6.08. The van der Waals surface area contributed by atoms with Gasteiger partial charge in [0.15, 0.2) is 0 Å². The van der Waals surface area contributed by atoms with Gasteiger partial charge in [-0.05, 0) is 37.1 Å². The predicted octanol–water partition coefficient (Wildman–Crippen LogP) is 4.68. The van der Waals surface area contributed by atoms with Gasteiger partial charge in [-0.15, -0.1) is 11.3 Å². The highest BCUT2D eigenvalue weighted by molar-refractivity contribution is 7.16. The molecule has 2 aromatic rings. The third-order valence-corrected chi connectivity index (χ3v) is 5.55. The lowest BCUT2D eigenvalue weighted by atomic mass is 9.98. The SMILES string of the molecule is CCC1(C)CN(Cc2ccc(Cl)s2)c2ccccc2CN1. The van der Waals surface area contributed by atoms with E-state index in [1.165, 1.54) is 16.1 Å². The van der Waals surface area contributed by atoms with Crippen molar-refractivity contribution in [2.45, 2.75) is 38.9 Å². The largest absolute Gasteiger partial charge is 0.364 e. The first-order valence-corrected chi connectivity index (χ1v) is 8.61. The molecule has 1 atom stereocenters. The second-order valence-corrected chi connectivity index (χ2v) is 7.76. The number of nitrogens with zero attached hydrogens (tertiary/aromatic N) is 1. The van der Waals surface area contributed by atoms with Crippen molar-refractivity contribution in [3.05, 3.63) is 51.2 Å². The van der Waals surface area contributed by atoms with E-state index in [0.717, 1.165) is 30.4 Å². The van der Waals surface area contributed by atoms with E-state index in [4.69, 9.17) is 11.6 Å². The summed E-state index contributed by atoms with van der Waals surface area (Å²) in [6.45, 7) is 7.43. The van der Waals surface area contributed by atoms with Crippen molar-refractivity contribution < 1.29 is 0 Å². The van der Waals surface area contributed by atoms with Crippen LogP contribution in [-0.4, -0.2) is 12.1 Å². The minimum Gasteiger partial charge on any atom is -0.364 e. The minimum atomic E-state index is 0.139. The van der Waals surface area contributed by atoms with Crippen LogP contribution in [-0.2, 0) is 13.1 Å². The van der Waals surface area contributed by atoms with Gasteiger partial charge in [-0.3, -0.25) is 0 Å². The molecule has 0 fully saturated rings. The number of benzene rings is 1. The van der Waals surface area contributed by atoms with E-state index < -0.39 is 0 Å². The number of nitrogens with one attached hydrogen (secondary N) is 1. The van der Waals surface area contributed by atoms with Gasteiger partial charge in [0.25, 0.3) is 0 Å². The van der Waals surface area contributed by atoms with E-state index in [-0.39, 0.29) is 5.54 Å². The molecule has 0 amide bonds. The fourth-order valence-electron chi connectivity index (χ4n) is 2.84. The normalized spacial score (nSPS) is 22.0. The van der Waals surface area contributed by atoms with E-state index in [1.54, 1.807) is 11.3 Å². The monoisotopic (exact) mass is 320 g/mol. The van der Waals surface area contributed by atoms with Gasteiger partial charge in [0.05, 0.1) is 10.9 Å². The summed E-state index contributed by atoms with van der Waals surface area (Å²) in [4.78, 5) is 3.80. The average Bonchev–Trinajstić information content (AvgIpc) is 2.83. The Hall–Kier alpha value is -1.03. The van der Waals surface area contributed by atoms with Crippen LogP contribution in [0.4, 0.5) is 5.69 Å². The topological polar surface area (TPSA) is 15.3 Å². The number of fused-ring (bicyclic) bond motifs is 1. The lowest BCUT2D eigenvalue weighted by Gasteiger charge is -2.34. The molecule has 1 aliphatic heterocycles. The minimum absolute atomic E-state index is 0.139. The molecule has 3 rings (SSSR count). The Morgan fingerprint density at radius 3 is 2.81 bits per heavy atom. The lowest BCUT2D eigenvalue weighted by Crippen LogP contribution is -2.48. The number of hydrogen-bond donors (Lipinski definition) is 1. The van der Waals surface area contributed by atoms with Crippen molar-refractivity contribution in [2.24, 2.45) is 0 Å². The fraction of sp³-hybridized carbons (Fsp3) is 0.412. The maximum Gasteiger partial charge on any atom is 0.0931 e. The third-order valence-electron chi connectivity index (χ3n) is 4.33. The molecule has 112 valence electrons. The molecule has 1 aromatic carbocycles. The first-order valence-electron chi connectivity index (χ1n) is 7.42. The van der Waals surface area contributed by atoms with Crippen molar-refractivity contribution in [2.75, 3.05) is 11.4 Å². The molecule has 0 aliphatic carbocycles. The molecule has 0 saturated carbocycles. The summed E-state index contributed by atoms with van der Waals surface area (Å²) in [5, 5.41) is 3.72. The van der Waals surface area contributed by atoms with Crippen LogP contribution < -0.4 is 10.2 Å². The fourth-order valence-corrected chi connectivity index (χ4v) is 3.95. The van der Waals surface area contributed by atoms with Crippen LogP contribution in [0.1, 0.15) is 30.7 Å². The number of halogens is 1. The Kier molecular flexibility index (Phi) is 4.25. The zero-order valence-corrected chi connectivity index (χ0v) is 14.1. The van der Waals surface area contributed by atoms with Crippen molar-refractivity contribution in [3.63, 3.8) is 0 Å². The summed E-state index contributed by atoms with van der Waals surface area (Å²) in [6.07, 6.45) is 1.11. The molecule has 0 spiro atoms. The van der Waals surface area contributed by atoms with Crippen LogP contribution in [0.2, 0.25) is 4.34 Å². The van der Waals surface area contributed by atoms with Gasteiger partial charge in [-0.1, -0.05) is 36.7 Å². The van der Waals surface area contributed by atoms with Gasteiger partial charge in [-0.2, -0.15) is 0 Å². The summed E-state index contributed by atoms with van der Waals surface area (Å²) in [6, 6.07) is 12.8. The Morgan fingerprint density at radius 1 is 1.29 bits per heavy atom. The predicted molar refractivity (Wildman–Crippen MR) is 92.4 cm³/mol. The molecular weight excluding hydrogens is 300 g/mol. The number of thiophene rings is 1. The van der Waals surface area contributed by atoms with Crippen LogP contribution in [0.15, 0.2) is 36.4 Å². The number of para-hydroxylation sites is 1. The van der Waals surface area contributed by atoms with E-state index in [9.17, 15) is 0 Å². The van der Waals surface area contributed by atoms with Gasteiger partial charge < -0.3 is 10.2 Å². The lowest BCUT2D eigenvalue weighted by molar-refractivity contribution is 0.349. The van der Waals surface area contributed by atoms with Crippen molar-refractivity contribution >= 4 is 28.6 Å². The highest BCUT2D eigenvalue weighted by Crippen LogP contribution is 2.31. The van der Waals surface area contributed by atoms with Gasteiger partial charge >= 0.3 is 0 Å². The summed E-state index contributed by atoms with van der Waals surface area (Å²) >= 11 is 7.76. The third kappa shape index (κ3) is 3.25. The Bertz CT molecular complexity index is 625. The number of hydrogen-bond acceptors (Lipinski definition) is 3. The van der Waals surface area contributed by atoms with Crippen LogP contribution in [0.25, 0.3) is 0 Å². The Morgan fingerprint density at radius 2 is 2.10 bits per heavy atom. The molecule has 0 radical (unpaired) electrons. The summed E-state index contributed by atoms with van der Waals surface area (Å²) in [5.74, 6) is 0. The molecule has 2 nitrogen and oxygen atoms in total. The zero-order valence-electron chi connectivity index (χ0n) is 12.5. The molecule has 0 bridgehead atoms. The number of rotatable bonds is 3.